The molecule has 142 valence electrons. The van der Waals surface area contributed by atoms with Gasteiger partial charge in [0.05, 0.1) is 28.7 Å². The van der Waals surface area contributed by atoms with E-state index in [0.717, 1.165) is 10.2 Å². The van der Waals surface area contributed by atoms with E-state index in [1.165, 1.54) is 28.2 Å². The van der Waals surface area contributed by atoms with Gasteiger partial charge in [-0.05, 0) is 31.0 Å². The molecule has 1 saturated heterocycles. The van der Waals surface area contributed by atoms with Gasteiger partial charge < -0.3 is 10.3 Å². The van der Waals surface area contributed by atoms with Crippen LogP contribution in [0.1, 0.15) is 12.8 Å². The highest BCUT2D eigenvalue weighted by Crippen LogP contribution is 2.29. The number of aromatic amines is 1. The monoisotopic (exact) mass is 425 g/mol. The van der Waals surface area contributed by atoms with Crippen molar-refractivity contribution in [2.45, 2.75) is 17.9 Å². The van der Waals surface area contributed by atoms with Crippen molar-refractivity contribution in [3.8, 4) is 0 Å². The Morgan fingerprint density at radius 3 is 3.04 bits per heavy atom. The van der Waals surface area contributed by atoms with Crippen molar-refractivity contribution in [2.24, 2.45) is 5.92 Å². The molecular formula is C16H16ClN5O3S2. The molecule has 4 rings (SSSR count). The zero-order valence-corrected chi connectivity index (χ0v) is 16.4. The van der Waals surface area contributed by atoms with Crippen LogP contribution in [-0.4, -0.2) is 46.7 Å². The van der Waals surface area contributed by atoms with Gasteiger partial charge >= 0.3 is 0 Å². The zero-order valence-electron chi connectivity index (χ0n) is 14.1. The Kier molecular flexibility index (Phi) is 4.89. The van der Waals surface area contributed by atoms with Gasteiger partial charge in [0.2, 0.25) is 5.91 Å². The number of piperidine rings is 1. The Hall–Kier alpha value is -2.01. The fraction of sp³-hybridized carbons (Fsp3) is 0.312. The molecule has 1 aromatic carbocycles. The van der Waals surface area contributed by atoms with Crippen LogP contribution in [0.3, 0.4) is 0 Å². The number of thiazole rings is 1. The lowest BCUT2D eigenvalue weighted by molar-refractivity contribution is -0.120. The molecule has 3 aromatic rings. The lowest BCUT2D eigenvalue weighted by Crippen LogP contribution is -2.43. The van der Waals surface area contributed by atoms with E-state index in [1.54, 1.807) is 18.2 Å². The van der Waals surface area contributed by atoms with E-state index < -0.39 is 15.9 Å². The number of hydrogen-bond acceptors (Lipinski definition) is 6. The fourth-order valence-corrected chi connectivity index (χ4v) is 5.62. The molecule has 1 atom stereocenters. The number of carbonyl (C=O) groups excluding carboxylic acids is 1. The summed E-state index contributed by atoms with van der Waals surface area (Å²) in [6.45, 7) is 0.509. The Morgan fingerprint density at radius 2 is 2.26 bits per heavy atom. The third kappa shape index (κ3) is 3.70. The number of aromatic nitrogens is 3. The summed E-state index contributed by atoms with van der Waals surface area (Å²) in [5.41, 5.74) is 0.756. The first-order valence-electron chi connectivity index (χ1n) is 8.29. The van der Waals surface area contributed by atoms with Gasteiger partial charge in [0.15, 0.2) is 10.2 Å². The first kappa shape index (κ1) is 18.4. The SMILES string of the molecule is O=C(Nc1nc2ccc(Cl)cc2s1)C1CCCN(S(=O)(=O)c2cnc[nH]2)C1. The predicted octanol–water partition coefficient (Wildman–Crippen LogP) is 2.71. The summed E-state index contributed by atoms with van der Waals surface area (Å²) in [4.78, 5) is 23.4. The molecule has 1 fully saturated rings. The van der Waals surface area contributed by atoms with Gasteiger partial charge in [-0.1, -0.05) is 22.9 Å². The molecule has 3 heterocycles. The molecule has 0 aliphatic carbocycles. The normalized spacial score (nSPS) is 18.6. The van der Waals surface area contributed by atoms with Crippen LogP contribution in [0.5, 0.6) is 0 Å². The highest BCUT2D eigenvalue weighted by Gasteiger charge is 2.34. The summed E-state index contributed by atoms with van der Waals surface area (Å²) in [5, 5.41) is 3.93. The molecule has 1 amide bonds. The van der Waals surface area contributed by atoms with Gasteiger partial charge in [-0.3, -0.25) is 4.79 Å². The van der Waals surface area contributed by atoms with Crippen LogP contribution in [0.2, 0.25) is 5.02 Å². The standard InChI is InChI=1S/C16H16ClN5O3S2/c17-11-3-4-12-13(6-11)26-16(20-12)21-15(23)10-2-1-5-22(8-10)27(24,25)14-7-18-9-19-14/h3-4,6-7,9-10H,1-2,5,8H2,(H,18,19)(H,20,21,23). The summed E-state index contributed by atoms with van der Waals surface area (Å²) in [7, 11) is -3.68. The van der Waals surface area contributed by atoms with Gasteiger partial charge in [0, 0.05) is 18.1 Å². The van der Waals surface area contributed by atoms with Crippen molar-refractivity contribution in [3.05, 3.63) is 35.7 Å². The maximum absolute atomic E-state index is 12.7. The second kappa shape index (κ2) is 7.19. The van der Waals surface area contributed by atoms with E-state index in [0.29, 0.717) is 29.5 Å². The average Bonchev–Trinajstić information content (AvgIpc) is 3.31. The number of imidazole rings is 1. The number of carbonyl (C=O) groups is 1. The third-order valence-corrected chi connectivity index (χ3v) is 7.39. The van der Waals surface area contributed by atoms with Gasteiger partial charge in [0.1, 0.15) is 0 Å². The van der Waals surface area contributed by atoms with Crippen LogP contribution < -0.4 is 5.32 Å². The maximum atomic E-state index is 12.7. The van der Waals surface area contributed by atoms with E-state index in [2.05, 4.69) is 20.3 Å². The largest absolute Gasteiger partial charge is 0.335 e. The third-order valence-electron chi connectivity index (χ3n) is 4.43. The Balaban J connectivity index is 1.48. The van der Waals surface area contributed by atoms with Gasteiger partial charge in [-0.2, -0.15) is 4.31 Å². The summed E-state index contributed by atoms with van der Waals surface area (Å²) in [6, 6.07) is 5.33. The summed E-state index contributed by atoms with van der Waals surface area (Å²) >= 11 is 7.31. The van der Waals surface area contributed by atoms with E-state index in [1.807, 2.05) is 0 Å². The molecular weight excluding hydrogens is 410 g/mol. The second-order valence-corrected chi connectivity index (χ2v) is 9.61. The van der Waals surface area contributed by atoms with Gasteiger partial charge in [-0.15, -0.1) is 0 Å². The van der Waals surface area contributed by atoms with Crippen molar-refractivity contribution in [1.82, 2.24) is 19.3 Å². The molecule has 0 radical (unpaired) electrons. The topological polar surface area (TPSA) is 108 Å². The van der Waals surface area contributed by atoms with Crippen molar-refractivity contribution < 1.29 is 13.2 Å². The van der Waals surface area contributed by atoms with Gasteiger partial charge in [0.25, 0.3) is 10.0 Å². The lowest BCUT2D eigenvalue weighted by atomic mass is 9.99. The fourth-order valence-electron chi connectivity index (χ4n) is 3.06. The molecule has 0 bridgehead atoms. The molecule has 2 aromatic heterocycles. The molecule has 0 saturated carbocycles. The lowest BCUT2D eigenvalue weighted by Gasteiger charge is -2.30. The number of amides is 1. The van der Waals surface area contributed by atoms with Crippen LogP contribution in [0.15, 0.2) is 35.7 Å². The van der Waals surface area contributed by atoms with Crippen molar-refractivity contribution in [3.63, 3.8) is 0 Å². The molecule has 0 spiro atoms. The molecule has 1 aliphatic heterocycles. The predicted molar refractivity (Wildman–Crippen MR) is 103 cm³/mol. The number of nitrogens with zero attached hydrogens (tertiary/aromatic N) is 3. The number of nitrogens with one attached hydrogen (secondary N) is 2. The Bertz CT molecular complexity index is 1080. The molecule has 27 heavy (non-hydrogen) atoms. The summed E-state index contributed by atoms with van der Waals surface area (Å²) in [5.74, 6) is -0.670. The number of hydrogen-bond donors (Lipinski definition) is 2. The zero-order chi connectivity index (χ0) is 19.0. The van der Waals surface area contributed by atoms with E-state index in [4.69, 9.17) is 11.6 Å². The number of anilines is 1. The smallest absolute Gasteiger partial charge is 0.260 e. The first-order chi connectivity index (χ1) is 12.9. The summed E-state index contributed by atoms with van der Waals surface area (Å²) in [6.07, 6.45) is 3.82. The quantitative estimate of drug-likeness (QED) is 0.668. The number of H-pyrrole nitrogens is 1. The molecule has 1 aliphatic rings. The number of sulfonamides is 1. The van der Waals surface area contributed by atoms with Crippen LogP contribution in [-0.2, 0) is 14.8 Å². The minimum atomic E-state index is -3.68. The van der Waals surface area contributed by atoms with Crippen LogP contribution in [0.4, 0.5) is 5.13 Å². The molecule has 11 heteroatoms. The maximum Gasteiger partial charge on any atom is 0.260 e. The van der Waals surface area contributed by atoms with E-state index >= 15 is 0 Å². The first-order valence-corrected chi connectivity index (χ1v) is 10.9. The second-order valence-electron chi connectivity index (χ2n) is 6.24. The molecule has 2 N–H and O–H groups in total. The molecule has 8 nitrogen and oxygen atoms in total. The van der Waals surface area contributed by atoms with Crippen LogP contribution >= 0.6 is 22.9 Å². The van der Waals surface area contributed by atoms with Crippen LogP contribution in [0.25, 0.3) is 10.2 Å². The van der Waals surface area contributed by atoms with E-state index in [-0.39, 0.29) is 17.5 Å². The van der Waals surface area contributed by atoms with Crippen molar-refractivity contribution >= 4 is 54.2 Å². The Labute approximate surface area is 164 Å². The number of fused-ring (bicyclic) bond motifs is 1. The van der Waals surface area contributed by atoms with Crippen molar-refractivity contribution in [1.29, 1.82) is 0 Å². The number of halogens is 1. The highest BCUT2D eigenvalue weighted by atomic mass is 35.5. The Morgan fingerprint density at radius 1 is 1.41 bits per heavy atom. The van der Waals surface area contributed by atoms with Crippen molar-refractivity contribution in [2.75, 3.05) is 18.4 Å². The van der Waals surface area contributed by atoms with E-state index in [9.17, 15) is 13.2 Å². The highest BCUT2D eigenvalue weighted by molar-refractivity contribution is 7.89. The minimum Gasteiger partial charge on any atom is -0.335 e. The number of benzene rings is 1. The minimum absolute atomic E-state index is 0.0339. The molecule has 1 unspecified atom stereocenters. The van der Waals surface area contributed by atoms with Gasteiger partial charge in [-0.25, -0.2) is 18.4 Å². The number of rotatable bonds is 4. The van der Waals surface area contributed by atoms with Crippen LogP contribution in [0, 0.1) is 5.92 Å². The average molecular weight is 426 g/mol. The summed E-state index contributed by atoms with van der Waals surface area (Å²) < 4.78 is 27.5.